The van der Waals surface area contributed by atoms with Crippen molar-refractivity contribution in [2.75, 3.05) is 26.7 Å². The molecule has 6 fully saturated rings. The highest BCUT2D eigenvalue weighted by Crippen LogP contribution is 2.70. The van der Waals surface area contributed by atoms with E-state index in [1.54, 1.807) is 7.11 Å². The number of nitrogens with zero attached hydrogens (tertiary/aromatic N) is 1. The number of likely N-dealkylation sites (tertiary alicyclic amines) is 1. The van der Waals surface area contributed by atoms with Gasteiger partial charge in [-0.1, -0.05) is 39.8 Å². The van der Waals surface area contributed by atoms with E-state index in [0.29, 0.717) is 29.1 Å². The number of hydrogen-bond donors (Lipinski definition) is 0. The molecule has 0 unspecified atom stereocenters. The van der Waals surface area contributed by atoms with Gasteiger partial charge in [0.15, 0.2) is 0 Å². The molecule has 4 nitrogen and oxygen atoms in total. The summed E-state index contributed by atoms with van der Waals surface area (Å²) in [5.74, 6) is 6.75. The maximum atomic E-state index is 7.04. The summed E-state index contributed by atoms with van der Waals surface area (Å²) >= 11 is 0. The summed E-state index contributed by atoms with van der Waals surface area (Å²) < 4.78 is 18.9. The Morgan fingerprint density at radius 2 is 1.72 bits per heavy atom. The highest BCUT2D eigenvalue weighted by Gasteiger charge is 2.65. The molecule has 1 aromatic carbocycles. The zero-order valence-electron chi connectivity index (χ0n) is 28.1. The lowest BCUT2D eigenvalue weighted by Gasteiger charge is -2.61. The molecular formula is C39H61NO3. The molecule has 2 aliphatic heterocycles. The largest absolute Gasteiger partial charge is 0.497 e. The van der Waals surface area contributed by atoms with Crippen LogP contribution >= 0.6 is 0 Å². The molecule has 0 radical (unpaired) electrons. The van der Waals surface area contributed by atoms with Crippen LogP contribution < -0.4 is 4.74 Å². The molecule has 4 heteroatoms. The van der Waals surface area contributed by atoms with E-state index in [4.69, 9.17) is 14.2 Å². The van der Waals surface area contributed by atoms with Crippen LogP contribution in [0.25, 0.3) is 0 Å². The summed E-state index contributed by atoms with van der Waals surface area (Å²) in [6.45, 7) is 15.1. The average Bonchev–Trinajstić information content (AvgIpc) is 3.71. The first-order valence-corrected chi connectivity index (χ1v) is 18.4. The van der Waals surface area contributed by atoms with Crippen molar-refractivity contribution in [3.05, 3.63) is 29.8 Å². The molecule has 7 rings (SSSR count). The van der Waals surface area contributed by atoms with Gasteiger partial charge in [-0.05, 0) is 160 Å². The standard InChI is InChI=1S/C39H61NO3/c1-26(24-40-20-6-7-21-40)8-15-35-27(2)37-36(43-35)23-34-32-14-11-29-22-31(42-25-28-9-12-30(41-5)13-10-28)16-18-38(29,3)33(32)17-19-39(34,37)4/h9-10,12-13,26-27,29,31-37H,6-8,11,14-25H2,1-5H3/t26-,27+,29+,31-,32+,33-,34-,35+,36-,37-,38-,39-/m0/s1. The van der Waals surface area contributed by atoms with E-state index in [1.807, 2.05) is 0 Å². The average molecular weight is 592 g/mol. The Morgan fingerprint density at radius 3 is 2.49 bits per heavy atom. The number of methoxy groups -OCH3 is 1. The van der Waals surface area contributed by atoms with E-state index in [1.165, 1.54) is 102 Å². The molecule has 12 atom stereocenters. The van der Waals surface area contributed by atoms with Gasteiger partial charge >= 0.3 is 0 Å². The van der Waals surface area contributed by atoms with Gasteiger partial charge in [0.2, 0.25) is 0 Å². The van der Waals surface area contributed by atoms with Crippen molar-refractivity contribution in [3.8, 4) is 5.75 Å². The Balaban J connectivity index is 0.944. The highest BCUT2D eigenvalue weighted by molar-refractivity contribution is 5.26. The van der Waals surface area contributed by atoms with Crippen molar-refractivity contribution in [2.24, 2.45) is 52.3 Å². The summed E-state index contributed by atoms with van der Waals surface area (Å²) in [6.07, 6.45) is 17.8. The lowest BCUT2D eigenvalue weighted by Crippen LogP contribution is -2.54. The molecule has 4 aliphatic carbocycles. The molecule has 0 amide bonds. The zero-order chi connectivity index (χ0) is 29.8. The third-order valence-electron chi connectivity index (χ3n) is 14.6. The molecule has 0 bridgehead atoms. The van der Waals surface area contributed by atoms with E-state index >= 15 is 0 Å². The molecular weight excluding hydrogens is 530 g/mol. The summed E-state index contributed by atoms with van der Waals surface area (Å²) in [7, 11) is 1.73. The van der Waals surface area contributed by atoms with Gasteiger partial charge in [0.1, 0.15) is 5.75 Å². The van der Waals surface area contributed by atoms with E-state index < -0.39 is 0 Å². The number of hydrogen-bond acceptors (Lipinski definition) is 4. The van der Waals surface area contributed by atoms with Crippen LogP contribution in [0.1, 0.15) is 110 Å². The molecule has 0 aromatic heterocycles. The van der Waals surface area contributed by atoms with Gasteiger partial charge in [0, 0.05) is 6.54 Å². The second-order valence-electron chi connectivity index (χ2n) is 16.8. The first-order chi connectivity index (χ1) is 20.8. The van der Waals surface area contributed by atoms with Gasteiger partial charge in [-0.2, -0.15) is 0 Å². The minimum absolute atomic E-state index is 0.417. The van der Waals surface area contributed by atoms with Crippen LogP contribution in [0.5, 0.6) is 5.75 Å². The lowest BCUT2D eigenvalue weighted by atomic mass is 9.44. The molecule has 43 heavy (non-hydrogen) atoms. The van der Waals surface area contributed by atoms with Gasteiger partial charge in [0.25, 0.3) is 0 Å². The van der Waals surface area contributed by atoms with Crippen LogP contribution in [-0.2, 0) is 16.1 Å². The van der Waals surface area contributed by atoms with E-state index in [0.717, 1.165) is 53.8 Å². The number of benzene rings is 1. The molecule has 1 aromatic rings. The second-order valence-corrected chi connectivity index (χ2v) is 16.8. The Hall–Kier alpha value is -1.10. The van der Waals surface area contributed by atoms with Crippen LogP contribution in [0.4, 0.5) is 0 Å². The van der Waals surface area contributed by atoms with Gasteiger partial charge < -0.3 is 19.1 Å². The van der Waals surface area contributed by atoms with Gasteiger partial charge in [-0.3, -0.25) is 0 Å². The minimum Gasteiger partial charge on any atom is -0.497 e. The first-order valence-electron chi connectivity index (χ1n) is 18.4. The number of fused-ring (bicyclic) bond motifs is 7. The molecule has 2 heterocycles. The number of rotatable bonds is 9. The quantitative estimate of drug-likeness (QED) is 0.287. The van der Waals surface area contributed by atoms with Crippen LogP contribution in [0.15, 0.2) is 24.3 Å². The summed E-state index contributed by atoms with van der Waals surface area (Å²) in [5.41, 5.74) is 2.25. The van der Waals surface area contributed by atoms with Crippen molar-refractivity contribution < 1.29 is 14.2 Å². The molecule has 4 saturated carbocycles. The van der Waals surface area contributed by atoms with E-state index in [2.05, 4.69) is 56.9 Å². The van der Waals surface area contributed by atoms with Crippen molar-refractivity contribution in [1.29, 1.82) is 0 Å². The van der Waals surface area contributed by atoms with Crippen LogP contribution in [0.3, 0.4) is 0 Å². The SMILES string of the molecule is COc1ccc(CO[C@H]2CC[C@@]3(C)[C@H](CC[C@@H]4[C@@H]3CC[C@]3(C)[C@H]5[C@H](C)[C@@H](CC[C@H](C)CN6CCCC6)O[C@H]5C[C@@H]43)C2)cc1. The maximum Gasteiger partial charge on any atom is 0.118 e. The normalized spacial score (nSPS) is 44.8. The Kier molecular flexibility index (Phi) is 8.70. The summed E-state index contributed by atoms with van der Waals surface area (Å²) in [5, 5.41) is 0. The molecule has 240 valence electrons. The summed E-state index contributed by atoms with van der Waals surface area (Å²) in [4.78, 5) is 2.69. The van der Waals surface area contributed by atoms with Gasteiger partial charge in [-0.15, -0.1) is 0 Å². The summed E-state index contributed by atoms with van der Waals surface area (Å²) in [6, 6.07) is 8.40. The molecule has 0 spiro atoms. The van der Waals surface area contributed by atoms with Gasteiger partial charge in [-0.25, -0.2) is 0 Å². The lowest BCUT2D eigenvalue weighted by molar-refractivity contribution is -0.139. The van der Waals surface area contributed by atoms with Crippen LogP contribution in [0, 0.1) is 52.3 Å². The van der Waals surface area contributed by atoms with E-state index in [-0.39, 0.29) is 0 Å². The topological polar surface area (TPSA) is 30.9 Å². The van der Waals surface area contributed by atoms with Crippen molar-refractivity contribution in [1.82, 2.24) is 4.90 Å². The second kappa shape index (κ2) is 12.3. The number of ether oxygens (including phenoxy) is 3. The third-order valence-corrected chi connectivity index (χ3v) is 14.6. The zero-order valence-corrected chi connectivity index (χ0v) is 28.1. The predicted octanol–water partition coefficient (Wildman–Crippen LogP) is 8.76. The fourth-order valence-electron chi connectivity index (χ4n) is 12.3. The third kappa shape index (κ3) is 5.62. The molecule has 0 N–H and O–H groups in total. The first kappa shape index (κ1) is 30.5. The van der Waals surface area contributed by atoms with Crippen molar-refractivity contribution >= 4 is 0 Å². The fraction of sp³-hybridized carbons (Fsp3) is 0.846. The maximum absolute atomic E-state index is 7.04. The Bertz CT molecular complexity index is 1080. The molecule has 2 saturated heterocycles. The van der Waals surface area contributed by atoms with Crippen LogP contribution in [-0.4, -0.2) is 50.0 Å². The molecule has 6 aliphatic rings. The van der Waals surface area contributed by atoms with Crippen molar-refractivity contribution in [2.45, 2.75) is 130 Å². The van der Waals surface area contributed by atoms with E-state index in [9.17, 15) is 0 Å². The highest BCUT2D eigenvalue weighted by atomic mass is 16.5. The smallest absolute Gasteiger partial charge is 0.118 e. The minimum atomic E-state index is 0.417. The Labute approximate surface area is 263 Å². The Morgan fingerprint density at radius 1 is 0.953 bits per heavy atom. The predicted molar refractivity (Wildman–Crippen MR) is 174 cm³/mol. The van der Waals surface area contributed by atoms with Crippen molar-refractivity contribution in [3.63, 3.8) is 0 Å². The van der Waals surface area contributed by atoms with Gasteiger partial charge in [0.05, 0.1) is 32.0 Å². The fourth-order valence-corrected chi connectivity index (χ4v) is 12.3. The monoisotopic (exact) mass is 591 g/mol. The van der Waals surface area contributed by atoms with Crippen LogP contribution in [0.2, 0.25) is 0 Å².